The maximum atomic E-state index is 9.15. The molecule has 0 aromatic heterocycles. The topological polar surface area (TPSA) is 47.9 Å². The van der Waals surface area contributed by atoms with Crippen LogP contribution in [0.4, 0.5) is 5.69 Å². The number of hydrogen-bond acceptors (Lipinski definition) is 3. The summed E-state index contributed by atoms with van der Waals surface area (Å²) in [4.78, 5) is 0. The molecule has 0 radical (unpaired) electrons. The van der Waals surface area contributed by atoms with Gasteiger partial charge in [-0.15, -0.1) is 0 Å². The number of benzene rings is 2. The molecular formula is C16H14BrN3. The van der Waals surface area contributed by atoms with Crippen LogP contribution in [-0.4, -0.2) is 0 Å². The van der Waals surface area contributed by atoms with Crippen molar-refractivity contribution in [2.24, 2.45) is 0 Å². The maximum absolute atomic E-state index is 9.15. The molecular weight excluding hydrogens is 314 g/mol. The van der Waals surface area contributed by atoms with Crippen LogP contribution in [0.25, 0.3) is 0 Å². The lowest BCUT2D eigenvalue weighted by Crippen LogP contribution is -2.02. The lowest BCUT2D eigenvalue weighted by Gasteiger charge is -2.10. The van der Waals surface area contributed by atoms with E-state index < -0.39 is 0 Å². The van der Waals surface area contributed by atoms with Gasteiger partial charge in [-0.1, -0.05) is 34.1 Å². The monoisotopic (exact) mass is 327 g/mol. The van der Waals surface area contributed by atoms with Crippen molar-refractivity contribution in [1.29, 1.82) is 5.26 Å². The van der Waals surface area contributed by atoms with Gasteiger partial charge < -0.3 is 10.6 Å². The van der Waals surface area contributed by atoms with Crippen LogP contribution in [0.15, 0.2) is 40.9 Å². The molecule has 2 aromatic rings. The van der Waals surface area contributed by atoms with Crippen molar-refractivity contribution < 1.29 is 0 Å². The number of nitrogens with one attached hydrogen (secondary N) is 2. The average molecular weight is 328 g/mol. The molecule has 2 N–H and O–H groups in total. The van der Waals surface area contributed by atoms with Crippen LogP contribution in [0.1, 0.15) is 22.3 Å². The van der Waals surface area contributed by atoms with Gasteiger partial charge >= 0.3 is 0 Å². The van der Waals surface area contributed by atoms with Crippen LogP contribution in [0.5, 0.6) is 0 Å². The first kappa shape index (κ1) is 13.2. The van der Waals surface area contributed by atoms with Gasteiger partial charge in [0.25, 0.3) is 0 Å². The fourth-order valence-electron chi connectivity index (χ4n) is 2.42. The first-order chi connectivity index (χ1) is 9.76. The zero-order chi connectivity index (χ0) is 13.9. The third-order valence-corrected chi connectivity index (χ3v) is 3.98. The first-order valence-electron chi connectivity index (χ1n) is 6.51. The van der Waals surface area contributed by atoms with Gasteiger partial charge in [-0.2, -0.15) is 5.26 Å². The average Bonchev–Trinajstić information content (AvgIpc) is 2.93. The van der Waals surface area contributed by atoms with Crippen LogP contribution in [0, 0.1) is 11.3 Å². The summed E-state index contributed by atoms with van der Waals surface area (Å²) >= 11 is 3.38. The number of anilines is 1. The normalized spacial score (nSPS) is 12.8. The maximum Gasteiger partial charge on any atom is 0.101 e. The van der Waals surface area contributed by atoms with Crippen LogP contribution < -0.4 is 10.6 Å². The summed E-state index contributed by atoms with van der Waals surface area (Å²) in [5.74, 6) is 0. The lowest BCUT2D eigenvalue weighted by atomic mass is 10.1. The molecule has 3 nitrogen and oxygen atoms in total. The Labute approximate surface area is 126 Å². The van der Waals surface area contributed by atoms with Crippen LogP contribution in [-0.2, 0) is 19.6 Å². The summed E-state index contributed by atoms with van der Waals surface area (Å²) in [7, 11) is 0. The van der Waals surface area contributed by atoms with E-state index in [1.54, 1.807) is 0 Å². The summed E-state index contributed by atoms with van der Waals surface area (Å²) in [6.45, 7) is 2.64. The third kappa shape index (κ3) is 2.69. The number of rotatable bonds is 3. The molecule has 2 aromatic carbocycles. The van der Waals surface area contributed by atoms with E-state index in [1.165, 1.54) is 16.7 Å². The van der Waals surface area contributed by atoms with Crippen molar-refractivity contribution in [3.63, 3.8) is 0 Å². The standard InChI is InChI=1S/C16H14BrN3/c17-15-3-4-16(13(6-15)7-18)20-8-11-1-2-12-9-19-10-14(12)5-11/h1-6,19-20H,8-10H2. The Kier molecular flexibility index (Phi) is 3.72. The van der Waals surface area contributed by atoms with Crippen molar-refractivity contribution in [2.45, 2.75) is 19.6 Å². The van der Waals surface area contributed by atoms with E-state index in [-0.39, 0.29) is 0 Å². The second-order valence-electron chi connectivity index (χ2n) is 4.86. The first-order valence-corrected chi connectivity index (χ1v) is 7.30. The van der Waals surface area contributed by atoms with E-state index in [0.717, 1.165) is 29.8 Å². The highest BCUT2D eigenvalue weighted by atomic mass is 79.9. The molecule has 3 rings (SSSR count). The Morgan fingerprint density at radius 1 is 1.15 bits per heavy atom. The van der Waals surface area contributed by atoms with Gasteiger partial charge in [0, 0.05) is 24.1 Å². The second kappa shape index (κ2) is 5.66. The molecule has 100 valence electrons. The van der Waals surface area contributed by atoms with Gasteiger partial charge in [-0.25, -0.2) is 0 Å². The smallest absolute Gasteiger partial charge is 0.101 e. The van der Waals surface area contributed by atoms with Gasteiger partial charge in [0.2, 0.25) is 0 Å². The Morgan fingerprint density at radius 2 is 2.00 bits per heavy atom. The fourth-order valence-corrected chi connectivity index (χ4v) is 2.78. The Hall–Kier alpha value is -1.83. The van der Waals surface area contributed by atoms with E-state index in [1.807, 2.05) is 18.2 Å². The molecule has 20 heavy (non-hydrogen) atoms. The summed E-state index contributed by atoms with van der Waals surface area (Å²) in [5, 5.41) is 15.8. The summed E-state index contributed by atoms with van der Waals surface area (Å²) in [6.07, 6.45) is 0. The molecule has 0 bridgehead atoms. The SMILES string of the molecule is N#Cc1cc(Br)ccc1NCc1ccc2c(c1)CNC2. The Bertz CT molecular complexity index is 689. The zero-order valence-corrected chi connectivity index (χ0v) is 12.5. The predicted octanol–water partition coefficient (Wildman–Crippen LogP) is 3.54. The summed E-state index contributed by atoms with van der Waals surface area (Å²) < 4.78 is 0.920. The largest absolute Gasteiger partial charge is 0.380 e. The fraction of sp³-hybridized carbons (Fsp3) is 0.188. The quantitative estimate of drug-likeness (QED) is 0.906. The molecule has 0 aliphatic carbocycles. The minimum Gasteiger partial charge on any atom is -0.380 e. The second-order valence-corrected chi connectivity index (χ2v) is 5.78. The summed E-state index contributed by atoms with van der Waals surface area (Å²) in [6, 6.07) is 14.5. The van der Waals surface area contributed by atoms with Crippen molar-refractivity contribution in [2.75, 3.05) is 5.32 Å². The molecule has 0 saturated carbocycles. The van der Waals surface area contributed by atoms with Crippen LogP contribution in [0.2, 0.25) is 0 Å². The molecule has 0 atom stereocenters. The van der Waals surface area contributed by atoms with Gasteiger partial charge in [0.05, 0.1) is 11.3 Å². The van der Waals surface area contributed by atoms with E-state index in [4.69, 9.17) is 5.26 Å². The lowest BCUT2D eigenvalue weighted by molar-refractivity contribution is 0.764. The van der Waals surface area contributed by atoms with E-state index in [9.17, 15) is 0 Å². The zero-order valence-electron chi connectivity index (χ0n) is 10.9. The van der Waals surface area contributed by atoms with Crippen molar-refractivity contribution in [3.8, 4) is 6.07 Å². The van der Waals surface area contributed by atoms with Gasteiger partial charge in [-0.3, -0.25) is 0 Å². The minimum atomic E-state index is 0.655. The highest BCUT2D eigenvalue weighted by molar-refractivity contribution is 9.10. The molecule has 0 unspecified atom stereocenters. The third-order valence-electron chi connectivity index (χ3n) is 3.49. The summed E-state index contributed by atoms with van der Waals surface area (Å²) in [5.41, 5.74) is 5.52. The van der Waals surface area contributed by atoms with E-state index in [0.29, 0.717) is 5.56 Å². The Balaban J connectivity index is 1.75. The number of hydrogen-bond donors (Lipinski definition) is 2. The van der Waals surface area contributed by atoms with Gasteiger partial charge in [0.1, 0.15) is 6.07 Å². The molecule has 0 fully saturated rings. The van der Waals surface area contributed by atoms with E-state index >= 15 is 0 Å². The van der Waals surface area contributed by atoms with Crippen LogP contribution >= 0.6 is 15.9 Å². The molecule has 1 aliphatic heterocycles. The number of fused-ring (bicyclic) bond motifs is 1. The van der Waals surface area contributed by atoms with Crippen molar-refractivity contribution in [1.82, 2.24) is 5.32 Å². The molecule has 0 spiro atoms. The van der Waals surface area contributed by atoms with Crippen molar-refractivity contribution in [3.05, 3.63) is 63.1 Å². The molecule has 0 saturated heterocycles. The number of halogens is 1. The predicted molar refractivity (Wildman–Crippen MR) is 83.2 cm³/mol. The van der Waals surface area contributed by atoms with Gasteiger partial charge in [-0.05, 0) is 34.9 Å². The van der Waals surface area contributed by atoms with Crippen molar-refractivity contribution >= 4 is 21.6 Å². The molecule has 4 heteroatoms. The number of nitriles is 1. The highest BCUT2D eigenvalue weighted by Gasteiger charge is 2.10. The molecule has 0 amide bonds. The molecule has 1 heterocycles. The van der Waals surface area contributed by atoms with Crippen LogP contribution in [0.3, 0.4) is 0 Å². The van der Waals surface area contributed by atoms with Gasteiger partial charge in [0.15, 0.2) is 0 Å². The minimum absolute atomic E-state index is 0.655. The van der Waals surface area contributed by atoms with E-state index in [2.05, 4.69) is 50.8 Å². The highest BCUT2D eigenvalue weighted by Crippen LogP contribution is 2.22. The molecule has 1 aliphatic rings. The number of nitrogens with zero attached hydrogens (tertiary/aromatic N) is 1. The Morgan fingerprint density at radius 3 is 2.85 bits per heavy atom.